The molecule has 4 rings (SSSR count). The highest BCUT2D eigenvalue weighted by Crippen LogP contribution is 2.45. The van der Waals surface area contributed by atoms with Gasteiger partial charge in [0.15, 0.2) is 11.5 Å². The van der Waals surface area contributed by atoms with Crippen molar-refractivity contribution in [3.63, 3.8) is 0 Å². The van der Waals surface area contributed by atoms with Crippen LogP contribution in [0.5, 0.6) is 17.2 Å². The Labute approximate surface area is 547 Å². The Morgan fingerprint density at radius 1 is 0.382 bits per heavy atom. The highest BCUT2D eigenvalue weighted by molar-refractivity contribution is 5.82. The normalized spacial score (nSPS) is 12.3. The fourth-order valence-corrected chi connectivity index (χ4v) is 13.1. The van der Waals surface area contributed by atoms with E-state index in [2.05, 4.69) is 50.4 Å². The number of fused-ring (bicyclic) bond motifs is 3. The van der Waals surface area contributed by atoms with Gasteiger partial charge in [0.05, 0.1) is 19.8 Å². The number of rotatable bonds is 61. The van der Waals surface area contributed by atoms with Crippen LogP contribution >= 0.6 is 0 Å². The first-order valence-electron chi connectivity index (χ1n) is 38.2. The largest absolute Gasteiger partial charge is 0.490 e. The molecule has 8 heteroatoms. The first-order chi connectivity index (χ1) is 43.9. The molecule has 0 fully saturated rings. The number of benzene rings is 3. The number of alkyl carbamates (subject to hydrolysis) is 1. The Hall–Kier alpha value is -4.20. The molecule has 0 bridgehead atoms. The van der Waals surface area contributed by atoms with Crippen molar-refractivity contribution in [2.24, 2.45) is 5.92 Å². The molecule has 1 unspecified atom stereocenters. The maximum Gasteiger partial charge on any atom is 0.407 e. The molecule has 3 aromatic rings. The van der Waals surface area contributed by atoms with Crippen LogP contribution in [0.25, 0.3) is 11.1 Å². The molecule has 1 amide bonds. The zero-order valence-electron chi connectivity index (χ0n) is 58.3. The summed E-state index contributed by atoms with van der Waals surface area (Å²) in [6.07, 6.45) is 62.9. The van der Waals surface area contributed by atoms with E-state index in [0.29, 0.717) is 37.1 Å². The fraction of sp³-hybridized carbons (Fsp3) is 0.753. The van der Waals surface area contributed by atoms with Gasteiger partial charge in [0.25, 0.3) is 0 Å². The lowest BCUT2D eigenvalue weighted by Gasteiger charge is -2.22. The summed E-state index contributed by atoms with van der Waals surface area (Å²) < 4.78 is 32.1. The number of carbonyl (C=O) groups is 2. The van der Waals surface area contributed by atoms with Crippen molar-refractivity contribution in [3.8, 4) is 28.4 Å². The van der Waals surface area contributed by atoms with Gasteiger partial charge in [0, 0.05) is 5.92 Å². The van der Waals surface area contributed by atoms with E-state index < -0.39 is 18.1 Å². The van der Waals surface area contributed by atoms with Crippen LogP contribution in [0, 0.1) is 5.92 Å². The van der Waals surface area contributed by atoms with E-state index >= 15 is 0 Å². The number of ether oxygens (including phenoxy) is 5. The first kappa shape index (κ1) is 77.2. The molecule has 0 aromatic heterocycles. The highest BCUT2D eigenvalue weighted by atomic mass is 16.6. The van der Waals surface area contributed by atoms with Gasteiger partial charge in [-0.25, -0.2) is 9.59 Å². The molecule has 1 aliphatic carbocycles. The van der Waals surface area contributed by atoms with Crippen LogP contribution in [0.3, 0.4) is 0 Å². The van der Waals surface area contributed by atoms with Gasteiger partial charge >= 0.3 is 12.1 Å². The monoisotopic (exact) mass is 1230 g/mol. The molecule has 0 radical (unpaired) electrons. The highest BCUT2D eigenvalue weighted by Gasteiger charge is 2.31. The average molecular weight is 1230 g/mol. The van der Waals surface area contributed by atoms with Gasteiger partial charge in [-0.2, -0.15) is 0 Å². The van der Waals surface area contributed by atoms with E-state index in [1.165, 1.54) is 281 Å². The molecule has 0 aliphatic heterocycles. The van der Waals surface area contributed by atoms with E-state index in [1.807, 2.05) is 50.2 Å². The molecule has 0 heterocycles. The Bertz CT molecular complexity index is 2070. The number of unbranched alkanes of at least 4 members (excludes halogenated alkanes) is 45. The summed E-state index contributed by atoms with van der Waals surface area (Å²) in [6.45, 7) is 12.6. The van der Waals surface area contributed by atoms with Crippen LogP contribution in [0.15, 0.2) is 60.7 Å². The van der Waals surface area contributed by atoms with Gasteiger partial charge in [0.2, 0.25) is 5.75 Å². The average Bonchev–Trinajstić information content (AvgIpc) is 1.73. The van der Waals surface area contributed by atoms with Crippen LogP contribution in [0.2, 0.25) is 0 Å². The minimum absolute atomic E-state index is 0.00135. The second kappa shape index (κ2) is 53.3. The van der Waals surface area contributed by atoms with Crippen LogP contribution in [-0.4, -0.2) is 44.5 Å². The standard InChI is InChI=1S/C81H135NO7/c1-6-9-12-15-18-21-24-27-30-33-36-39-42-45-48-55-62-85-76-65-70(67-88-80(83)78(69(4)5)82-81(84)89-68-75-73-60-53-51-58-71(73)72-59-52-54-61-74(72)75)66-77(86-63-56-49-46-43-40-37-34-31-28-25-22-19-16-13-10-7-2)79(76)87-64-57-50-47-44-41-38-35-32-29-26-23-20-17-14-11-8-3/h51-54,58-61,65-66,69,75,78H,6-50,55-57,62-64,67-68H2,1-5H3,(H,82,84). The first-order valence-corrected chi connectivity index (χ1v) is 38.2. The molecule has 506 valence electrons. The van der Waals surface area contributed by atoms with Crippen molar-refractivity contribution in [3.05, 3.63) is 77.4 Å². The van der Waals surface area contributed by atoms with Crippen molar-refractivity contribution in [2.75, 3.05) is 26.4 Å². The molecule has 1 N–H and O–H groups in total. The molecule has 1 atom stereocenters. The third kappa shape index (κ3) is 36.0. The Kier molecular flexibility index (Phi) is 46.3. The minimum atomic E-state index is -0.899. The predicted octanol–water partition coefficient (Wildman–Crippen LogP) is 25.2. The molecular formula is C81H135NO7. The van der Waals surface area contributed by atoms with E-state index in [0.717, 1.165) is 55.2 Å². The minimum Gasteiger partial charge on any atom is -0.490 e. The summed E-state index contributed by atoms with van der Waals surface area (Å²) in [7, 11) is 0. The van der Waals surface area contributed by atoms with Crippen molar-refractivity contribution in [1.82, 2.24) is 5.32 Å². The summed E-state index contributed by atoms with van der Waals surface area (Å²) in [5.41, 5.74) is 5.37. The number of amides is 1. The second-order valence-corrected chi connectivity index (χ2v) is 27.2. The lowest BCUT2D eigenvalue weighted by molar-refractivity contribution is -0.148. The second-order valence-electron chi connectivity index (χ2n) is 27.2. The molecule has 0 spiro atoms. The van der Waals surface area contributed by atoms with Gasteiger partial charge in [-0.1, -0.05) is 372 Å². The van der Waals surface area contributed by atoms with Gasteiger partial charge in [-0.05, 0) is 65.1 Å². The van der Waals surface area contributed by atoms with E-state index in [-0.39, 0.29) is 25.0 Å². The van der Waals surface area contributed by atoms with Gasteiger partial charge < -0.3 is 29.0 Å². The van der Waals surface area contributed by atoms with Crippen molar-refractivity contribution in [2.45, 2.75) is 361 Å². The molecule has 8 nitrogen and oxygen atoms in total. The zero-order valence-corrected chi connectivity index (χ0v) is 58.3. The lowest BCUT2D eigenvalue weighted by Crippen LogP contribution is -2.45. The third-order valence-corrected chi connectivity index (χ3v) is 18.8. The van der Waals surface area contributed by atoms with Crippen LogP contribution in [-0.2, 0) is 20.9 Å². The Balaban J connectivity index is 1.33. The maximum absolute atomic E-state index is 14.0. The molecule has 1 aliphatic rings. The van der Waals surface area contributed by atoms with Crippen molar-refractivity contribution in [1.29, 1.82) is 0 Å². The molecule has 0 saturated heterocycles. The quantitative estimate of drug-likeness (QED) is 0.0445. The molecule has 0 saturated carbocycles. The van der Waals surface area contributed by atoms with E-state index in [1.54, 1.807) is 0 Å². The third-order valence-electron chi connectivity index (χ3n) is 18.8. The number of hydrogen-bond acceptors (Lipinski definition) is 7. The Morgan fingerprint density at radius 2 is 0.674 bits per heavy atom. The zero-order chi connectivity index (χ0) is 63.3. The number of nitrogens with one attached hydrogen (secondary N) is 1. The summed E-state index contributed by atoms with van der Waals surface area (Å²) >= 11 is 0. The van der Waals surface area contributed by atoms with Gasteiger partial charge in [0.1, 0.15) is 19.3 Å². The topological polar surface area (TPSA) is 92.3 Å². The maximum atomic E-state index is 14.0. The SMILES string of the molecule is CCCCCCCCCCCCCCCCCCOc1cc(COC(=O)C(NC(=O)OCC2c3ccccc3-c3ccccc32)C(C)C)cc(OCCCCCCCCCCCCCCCCCC)c1OCCCCCCCCCCCCCCCCCC. The van der Waals surface area contributed by atoms with E-state index in [9.17, 15) is 9.59 Å². The number of carbonyl (C=O) groups excluding carboxylic acids is 2. The van der Waals surface area contributed by atoms with Gasteiger partial charge in [-0.3, -0.25) is 0 Å². The summed E-state index contributed by atoms with van der Waals surface area (Å²) in [5.74, 6) is 1.12. The van der Waals surface area contributed by atoms with Crippen LogP contribution in [0.4, 0.5) is 4.79 Å². The predicted molar refractivity (Wildman–Crippen MR) is 378 cm³/mol. The summed E-state index contributed by atoms with van der Waals surface area (Å²) in [5, 5.41) is 2.86. The number of esters is 1. The van der Waals surface area contributed by atoms with Crippen molar-refractivity contribution < 1.29 is 33.3 Å². The smallest absolute Gasteiger partial charge is 0.407 e. The van der Waals surface area contributed by atoms with E-state index in [4.69, 9.17) is 23.7 Å². The van der Waals surface area contributed by atoms with Crippen LogP contribution in [0.1, 0.15) is 365 Å². The molecule has 89 heavy (non-hydrogen) atoms. The van der Waals surface area contributed by atoms with Crippen LogP contribution < -0.4 is 19.5 Å². The molecular weight excluding hydrogens is 1100 g/mol. The van der Waals surface area contributed by atoms with Gasteiger partial charge in [-0.15, -0.1) is 0 Å². The lowest BCUT2D eigenvalue weighted by atomic mass is 9.98. The molecule has 3 aromatic carbocycles. The summed E-state index contributed by atoms with van der Waals surface area (Å²) in [6, 6.07) is 19.7. The Morgan fingerprint density at radius 3 is 0.989 bits per heavy atom. The number of hydrogen-bond donors (Lipinski definition) is 1. The summed E-state index contributed by atoms with van der Waals surface area (Å²) in [4.78, 5) is 27.5. The fourth-order valence-electron chi connectivity index (χ4n) is 13.1. The van der Waals surface area contributed by atoms with Crippen molar-refractivity contribution >= 4 is 12.1 Å².